The fourth-order valence-electron chi connectivity index (χ4n) is 3.12. The number of carbonyl (C=O) groups is 1. The predicted molar refractivity (Wildman–Crippen MR) is 120 cm³/mol. The van der Waals surface area contributed by atoms with E-state index in [2.05, 4.69) is 4.98 Å². The van der Waals surface area contributed by atoms with Gasteiger partial charge in [-0.3, -0.25) is 15.1 Å². The Bertz CT molecular complexity index is 905. The van der Waals surface area contributed by atoms with Gasteiger partial charge in [0, 0.05) is 44.7 Å². The highest BCUT2D eigenvalue weighted by atomic mass is 32.2. The van der Waals surface area contributed by atoms with Crippen LogP contribution in [0.2, 0.25) is 0 Å². The van der Waals surface area contributed by atoms with E-state index in [4.69, 9.17) is 5.41 Å². The molecule has 0 aliphatic heterocycles. The molecule has 1 aromatic rings. The Hall–Kier alpha value is -2.31. The quantitative estimate of drug-likeness (QED) is 0.389. The lowest BCUT2D eigenvalue weighted by molar-refractivity contribution is -0.497. The molecule has 3 N–H and O–H groups in total. The van der Waals surface area contributed by atoms with Gasteiger partial charge >= 0.3 is 6.18 Å². The predicted octanol–water partition coefficient (Wildman–Crippen LogP) is 2.78. The lowest BCUT2D eigenvalue weighted by Gasteiger charge is -2.25. The number of amides is 1. The van der Waals surface area contributed by atoms with Crippen LogP contribution < -0.4 is 5.32 Å². The van der Waals surface area contributed by atoms with Crippen LogP contribution >= 0.6 is 0 Å². The lowest BCUT2D eigenvalue weighted by atomic mass is 10.1. The molecule has 0 bridgehead atoms. The van der Waals surface area contributed by atoms with Crippen LogP contribution in [0.1, 0.15) is 46.0 Å². The maximum absolute atomic E-state index is 13.0. The smallest absolute Gasteiger partial charge is 0.306 e. The second-order valence-corrected chi connectivity index (χ2v) is 9.48. The molecule has 0 spiro atoms. The Morgan fingerprint density at radius 3 is 2.45 bits per heavy atom. The van der Waals surface area contributed by atoms with E-state index in [9.17, 15) is 26.4 Å². The third-order valence-electron chi connectivity index (χ3n) is 4.75. The van der Waals surface area contributed by atoms with Crippen LogP contribution in [0, 0.1) is 5.41 Å². The highest BCUT2D eigenvalue weighted by Gasteiger charge is 2.28. The van der Waals surface area contributed by atoms with Crippen LogP contribution in [0.15, 0.2) is 36.4 Å². The number of hydrogen-bond acceptors (Lipinski definition) is 5. The number of quaternary nitrogens is 1. The number of rotatable bonds is 14. The summed E-state index contributed by atoms with van der Waals surface area (Å²) in [5.74, 6) is -0.409. The summed E-state index contributed by atoms with van der Waals surface area (Å²) in [6.07, 6.45) is 0.930. The summed E-state index contributed by atoms with van der Waals surface area (Å²) in [4.78, 5) is 18.4. The van der Waals surface area contributed by atoms with E-state index in [1.165, 1.54) is 4.90 Å². The molecule has 186 valence electrons. The molecule has 8 nitrogen and oxygen atoms in total. The zero-order chi connectivity index (χ0) is 25.1. The minimum atomic E-state index is -4.37. The van der Waals surface area contributed by atoms with E-state index in [1.807, 2.05) is 13.0 Å². The number of alkyl halides is 3. The SMILES string of the molecule is CCCC(=N)/C(=C\[NH2+]c1cccnc1)N(CC)C(=O)CCN(CCCC(F)(F)F)S(C)(=O)=O. The van der Waals surface area contributed by atoms with Gasteiger partial charge in [-0.1, -0.05) is 13.3 Å². The van der Waals surface area contributed by atoms with Gasteiger partial charge in [-0.15, -0.1) is 0 Å². The molecular weight excluding hydrogens is 459 g/mol. The average molecular weight is 493 g/mol. The minimum Gasteiger partial charge on any atom is -0.306 e. The molecule has 0 saturated carbocycles. The Labute approximate surface area is 193 Å². The van der Waals surface area contributed by atoms with Crippen molar-refractivity contribution in [2.45, 2.75) is 52.1 Å². The Morgan fingerprint density at radius 1 is 1.24 bits per heavy atom. The molecule has 0 unspecified atom stereocenters. The van der Waals surface area contributed by atoms with Crippen LogP contribution in [0.4, 0.5) is 18.9 Å². The number of hydrogen-bond donors (Lipinski definition) is 2. The molecule has 1 aromatic heterocycles. The zero-order valence-corrected chi connectivity index (χ0v) is 20.0. The Balaban J connectivity index is 2.96. The molecule has 0 saturated heterocycles. The number of carbonyl (C=O) groups excluding carboxylic acids is 1. The van der Waals surface area contributed by atoms with Crippen LogP contribution in [0.3, 0.4) is 0 Å². The summed E-state index contributed by atoms with van der Waals surface area (Å²) in [7, 11) is -3.78. The molecule has 0 aromatic carbocycles. The van der Waals surface area contributed by atoms with Gasteiger partial charge in [-0.05, 0) is 25.8 Å². The number of halogens is 3. The van der Waals surface area contributed by atoms with Crippen molar-refractivity contribution >= 4 is 27.3 Å². The van der Waals surface area contributed by atoms with Crippen molar-refractivity contribution in [1.29, 1.82) is 5.41 Å². The summed E-state index contributed by atoms with van der Waals surface area (Å²) in [5.41, 5.74) is 1.45. The Morgan fingerprint density at radius 2 is 1.94 bits per heavy atom. The molecule has 0 atom stereocenters. The molecule has 33 heavy (non-hydrogen) atoms. The molecule has 0 radical (unpaired) electrons. The van der Waals surface area contributed by atoms with Crippen molar-refractivity contribution in [2.75, 3.05) is 25.9 Å². The normalized spacial score (nSPS) is 12.8. The second-order valence-electron chi connectivity index (χ2n) is 7.50. The number of sulfonamides is 1. The average Bonchev–Trinajstić information content (AvgIpc) is 2.72. The largest absolute Gasteiger partial charge is 0.389 e. The number of nitrogens with zero attached hydrogens (tertiary/aromatic N) is 3. The fourth-order valence-corrected chi connectivity index (χ4v) is 4.00. The summed E-state index contributed by atoms with van der Waals surface area (Å²) >= 11 is 0. The molecule has 0 aliphatic rings. The van der Waals surface area contributed by atoms with E-state index in [1.54, 1.807) is 36.9 Å². The zero-order valence-electron chi connectivity index (χ0n) is 19.2. The summed E-state index contributed by atoms with van der Waals surface area (Å²) in [6, 6.07) is 3.59. The lowest BCUT2D eigenvalue weighted by Crippen LogP contribution is -2.72. The van der Waals surface area contributed by atoms with Crippen molar-refractivity contribution in [3.8, 4) is 0 Å². The third kappa shape index (κ3) is 10.9. The maximum atomic E-state index is 13.0. The van der Waals surface area contributed by atoms with Crippen molar-refractivity contribution in [1.82, 2.24) is 14.2 Å². The van der Waals surface area contributed by atoms with Crippen molar-refractivity contribution in [3.63, 3.8) is 0 Å². The fraction of sp³-hybridized carbons (Fsp3) is 0.571. The van der Waals surface area contributed by atoms with Gasteiger partial charge in [0.25, 0.3) is 0 Å². The van der Waals surface area contributed by atoms with Crippen LogP contribution in [0.5, 0.6) is 0 Å². The maximum Gasteiger partial charge on any atom is 0.389 e. The van der Waals surface area contributed by atoms with Gasteiger partial charge in [0.1, 0.15) is 11.9 Å². The number of aromatic nitrogens is 1. The van der Waals surface area contributed by atoms with Gasteiger partial charge in [-0.2, -0.15) is 13.2 Å². The first-order chi connectivity index (χ1) is 15.4. The summed E-state index contributed by atoms with van der Waals surface area (Å²) in [5, 5.41) is 10.1. The molecule has 1 heterocycles. The second kappa shape index (κ2) is 13.4. The molecule has 1 rings (SSSR count). The van der Waals surface area contributed by atoms with Crippen LogP contribution in [0.25, 0.3) is 0 Å². The number of allylic oxidation sites excluding steroid dienone is 1. The van der Waals surface area contributed by atoms with E-state index < -0.39 is 28.5 Å². The molecular formula is C21H33F3N5O3S+. The minimum absolute atomic E-state index is 0.212. The van der Waals surface area contributed by atoms with E-state index in [-0.39, 0.29) is 38.2 Å². The standard InChI is InChI=1S/C21H32F3N5O3S/c1-4-8-18(25)19(16-27-17-9-6-12-26-15-17)29(5-2)20(30)10-14-28(33(3,31)32)13-7-11-21(22,23)24/h6,9,12,15-16,25,27H,4-5,7-8,10-11,13-14H2,1-3H3/p+1/b19-16+,25-18?. The molecule has 12 heteroatoms. The third-order valence-corrected chi connectivity index (χ3v) is 6.05. The number of nitrogens with one attached hydrogen (secondary N) is 1. The van der Waals surface area contributed by atoms with Crippen molar-refractivity contribution in [2.24, 2.45) is 0 Å². The van der Waals surface area contributed by atoms with Crippen molar-refractivity contribution < 1.29 is 31.7 Å². The Kier molecular flexibility index (Phi) is 11.7. The van der Waals surface area contributed by atoms with Gasteiger partial charge in [0.15, 0.2) is 5.69 Å². The first kappa shape index (κ1) is 28.7. The highest BCUT2D eigenvalue weighted by Crippen LogP contribution is 2.22. The summed E-state index contributed by atoms with van der Waals surface area (Å²) < 4.78 is 62.2. The first-order valence-corrected chi connectivity index (χ1v) is 12.6. The first-order valence-electron chi connectivity index (χ1n) is 10.7. The molecule has 0 fully saturated rings. The van der Waals surface area contributed by atoms with E-state index in [0.29, 0.717) is 18.5 Å². The van der Waals surface area contributed by atoms with Gasteiger partial charge in [0.2, 0.25) is 15.9 Å². The summed E-state index contributed by atoms with van der Waals surface area (Å²) in [6.45, 7) is 3.37. The van der Waals surface area contributed by atoms with Crippen molar-refractivity contribution in [3.05, 3.63) is 36.4 Å². The topological polar surface area (TPSA) is 111 Å². The van der Waals surface area contributed by atoms with Crippen LogP contribution in [-0.2, 0) is 14.8 Å². The molecule has 1 amide bonds. The molecule has 0 aliphatic carbocycles. The van der Waals surface area contributed by atoms with Gasteiger partial charge in [0.05, 0.1) is 18.2 Å². The number of pyridine rings is 1. The van der Waals surface area contributed by atoms with E-state index in [0.717, 1.165) is 16.2 Å². The highest BCUT2D eigenvalue weighted by molar-refractivity contribution is 7.88. The monoisotopic (exact) mass is 492 g/mol. The van der Waals surface area contributed by atoms with E-state index >= 15 is 0 Å². The van der Waals surface area contributed by atoms with Gasteiger partial charge < -0.3 is 10.3 Å². The number of nitrogens with two attached hydrogens (primary N) is 1. The van der Waals surface area contributed by atoms with Gasteiger partial charge in [-0.25, -0.2) is 12.7 Å². The van der Waals surface area contributed by atoms with Crippen LogP contribution in [-0.4, -0.2) is 66.3 Å².